The lowest BCUT2D eigenvalue weighted by molar-refractivity contribution is -0.136. The van der Waals surface area contributed by atoms with Crippen molar-refractivity contribution in [2.75, 3.05) is 5.32 Å². The molecule has 6 heteroatoms. The van der Waals surface area contributed by atoms with Crippen LogP contribution in [0.25, 0.3) is 21.9 Å². The van der Waals surface area contributed by atoms with Crippen molar-refractivity contribution >= 4 is 39.1 Å². The number of amides is 1. The molecule has 3 aromatic carbocycles. The quantitative estimate of drug-likeness (QED) is 0.285. The van der Waals surface area contributed by atoms with Crippen LogP contribution in [-0.2, 0) is 16.0 Å². The van der Waals surface area contributed by atoms with Crippen LogP contribution in [0.4, 0.5) is 5.13 Å². The Balaban J connectivity index is 1.40. The second-order valence-electron chi connectivity index (χ2n) is 9.29. The van der Waals surface area contributed by atoms with Crippen molar-refractivity contribution in [3.05, 3.63) is 83.4 Å². The third-order valence-corrected chi connectivity index (χ3v) is 7.69. The molecule has 1 saturated carbocycles. The number of carboxylic acids is 1. The highest BCUT2D eigenvalue weighted by Gasteiger charge is 2.27. The number of carbonyl (C=O) groups excluding carboxylic acids is 1. The summed E-state index contributed by atoms with van der Waals surface area (Å²) >= 11 is 1.27. The zero-order valence-corrected chi connectivity index (χ0v) is 20.3. The summed E-state index contributed by atoms with van der Waals surface area (Å²) in [6.07, 6.45) is 5.45. The average molecular weight is 485 g/mol. The number of carboxylic acid groups (broad SMARTS) is 1. The lowest BCUT2D eigenvalue weighted by Gasteiger charge is -2.20. The van der Waals surface area contributed by atoms with Crippen molar-refractivity contribution in [1.29, 1.82) is 0 Å². The Morgan fingerprint density at radius 2 is 1.74 bits per heavy atom. The van der Waals surface area contributed by atoms with E-state index in [0.29, 0.717) is 16.7 Å². The summed E-state index contributed by atoms with van der Waals surface area (Å²) in [7, 11) is 0. The monoisotopic (exact) mass is 484 g/mol. The highest BCUT2D eigenvalue weighted by Crippen LogP contribution is 2.36. The smallest absolute Gasteiger partial charge is 0.309 e. The third-order valence-electron chi connectivity index (χ3n) is 6.89. The van der Waals surface area contributed by atoms with Gasteiger partial charge >= 0.3 is 5.97 Å². The molecule has 0 saturated heterocycles. The minimum Gasteiger partial charge on any atom is -0.481 e. The average Bonchev–Trinajstić information content (AvgIpc) is 3.54. The van der Waals surface area contributed by atoms with Crippen LogP contribution in [0.15, 0.2) is 72.1 Å². The topological polar surface area (TPSA) is 79.3 Å². The molecular weight excluding hydrogens is 456 g/mol. The predicted octanol–water partition coefficient (Wildman–Crippen LogP) is 6.89. The van der Waals surface area contributed by atoms with E-state index in [-0.39, 0.29) is 18.2 Å². The molecule has 0 spiro atoms. The molecule has 1 unspecified atom stereocenters. The summed E-state index contributed by atoms with van der Waals surface area (Å²) in [6.45, 7) is 0. The largest absolute Gasteiger partial charge is 0.481 e. The summed E-state index contributed by atoms with van der Waals surface area (Å²) in [5, 5.41) is 16.5. The van der Waals surface area contributed by atoms with E-state index in [1.807, 2.05) is 0 Å². The second-order valence-corrected chi connectivity index (χ2v) is 10.1. The van der Waals surface area contributed by atoms with Gasteiger partial charge in [-0.05, 0) is 39.8 Å². The fourth-order valence-corrected chi connectivity index (χ4v) is 5.85. The first-order chi connectivity index (χ1) is 17.1. The molecule has 5 rings (SSSR count). The van der Waals surface area contributed by atoms with Crippen molar-refractivity contribution in [3.63, 3.8) is 0 Å². The van der Waals surface area contributed by atoms with Crippen LogP contribution in [0.2, 0.25) is 0 Å². The third kappa shape index (κ3) is 5.43. The van der Waals surface area contributed by atoms with Crippen molar-refractivity contribution in [2.45, 2.75) is 44.4 Å². The fraction of sp³-hybridized carbons (Fsp3) is 0.276. The normalized spacial score (nSPS) is 14.7. The molecule has 0 bridgehead atoms. The Morgan fingerprint density at radius 3 is 2.51 bits per heavy atom. The van der Waals surface area contributed by atoms with Crippen LogP contribution in [0.3, 0.4) is 0 Å². The van der Waals surface area contributed by atoms with Crippen molar-refractivity contribution in [1.82, 2.24) is 4.98 Å². The van der Waals surface area contributed by atoms with Gasteiger partial charge in [0.25, 0.3) is 0 Å². The molecular formula is C29H28N2O3S. The van der Waals surface area contributed by atoms with Gasteiger partial charge in [0.2, 0.25) is 5.91 Å². The van der Waals surface area contributed by atoms with Gasteiger partial charge in [0.15, 0.2) is 5.13 Å². The molecule has 2 N–H and O–H groups in total. The number of nitrogens with one attached hydrogen (secondary N) is 1. The van der Waals surface area contributed by atoms with Gasteiger partial charge in [-0.3, -0.25) is 9.59 Å². The van der Waals surface area contributed by atoms with Gasteiger partial charge in [-0.1, -0.05) is 92.4 Å². The number of hydrogen-bond acceptors (Lipinski definition) is 4. The maximum atomic E-state index is 13.4. The molecule has 1 aromatic heterocycles. The number of nitrogens with zero attached hydrogens (tertiary/aromatic N) is 1. The number of aliphatic carboxylic acids is 1. The highest BCUT2D eigenvalue weighted by molar-refractivity contribution is 7.13. The fourth-order valence-electron chi connectivity index (χ4n) is 5.14. The second kappa shape index (κ2) is 10.4. The SMILES string of the molecule is O=C(O)Cc1csc(NC(=O)C(CC2CCCC2)c2ccc(-c3cccc4ccccc34)cc2)n1. The molecule has 35 heavy (non-hydrogen) atoms. The van der Waals surface area contributed by atoms with Gasteiger partial charge < -0.3 is 10.4 Å². The molecule has 178 valence electrons. The summed E-state index contributed by atoms with van der Waals surface area (Å²) < 4.78 is 0. The van der Waals surface area contributed by atoms with Gasteiger partial charge in [0.05, 0.1) is 18.0 Å². The van der Waals surface area contributed by atoms with E-state index in [4.69, 9.17) is 5.11 Å². The number of hydrogen-bond donors (Lipinski definition) is 2. The van der Waals surface area contributed by atoms with Gasteiger partial charge in [0, 0.05) is 5.38 Å². The maximum Gasteiger partial charge on any atom is 0.309 e. The minimum absolute atomic E-state index is 0.0777. The molecule has 1 fully saturated rings. The van der Waals surface area contributed by atoms with E-state index >= 15 is 0 Å². The van der Waals surface area contributed by atoms with Crippen LogP contribution in [0.1, 0.15) is 49.3 Å². The summed E-state index contributed by atoms with van der Waals surface area (Å²) in [4.78, 5) is 28.7. The van der Waals surface area contributed by atoms with E-state index in [1.54, 1.807) is 5.38 Å². The predicted molar refractivity (Wildman–Crippen MR) is 141 cm³/mol. The molecule has 1 aliphatic carbocycles. The number of fused-ring (bicyclic) bond motifs is 1. The number of benzene rings is 3. The first kappa shape index (κ1) is 23.2. The van der Waals surface area contributed by atoms with Crippen molar-refractivity contribution < 1.29 is 14.7 Å². The van der Waals surface area contributed by atoms with E-state index in [9.17, 15) is 9.59 Å². The van der Waals surface area contributed by atoms with Crippen LogP contribution in [0, 0.1) is 5.92 Å². The van der Waals surface area contributed by atoms with E-state index in [1.165, 1.54) is 40.5 Å². The molecule has 1 heterocycles. The van der Waals surface area contributed by atoms with Crippen LogP contribution < -0.4 is 5.32 Å². The number of aromatic nitrogens is 1. The lowest BCUT2D eigenvalue weighted by Crippen LogP contribution is -2.23. The molecule has 4 aromatic rings. The Labute approximate surface area is 208 Å². The number of rotatable bonds is 8. The standard InChI is InChI=1S/C29H28N2O3S/c32-27(33)17-23-18-35-29(30-23)31-28(34)26(16-19-6-1-2-7-19)22-14-12-21(13-15-22)25-11-5-9-20-8-3-4-10-24(20)25/h3-5,8-15,18-19,26H,1-2,6-7,16-17H2,(H,32,33)(H,30,31,34). The first-order valence-electron chi connectivity index (χ1n) is 12.1. The molecule has 0 aliphatic heterocycles. The van der Waals surface area contributed by atoms with Gasteiger partial charge in [-0.15, -0.1) is 11.3 Å². The van der Waals surface area contributed by atoms with E-state index < -0.39 is 5.97 Å². The van der Waals surface area contributed by atoms with E-state index in [0.717, 1.165) is 30.4 Å². The van der Waals surface area contributed by atoms with Crippen LogP contribution >= 0.6 is 11.3 Å². The highest BCUT2D eigenvalue weighted by atomic mass is 32.1. The molecule has 1 atom stereocenters. The number of carbonyl (C=O) groups is 2. The van der Waals surface area contributed by atoms with Gasteiger partial charge in [-0.25, -0.2) is 4.98 Å². The summed E-state index contributed by atoms with van der Waals surface area (Å²) in [5.74, 6) is -0.738. The number of thiazole rings is 1. The molecule has 1 aliphatic rings. The van der Waals surface area contributed by atoms with Gasteiger partial charge in [-0.2, -0.15) is 0 Å². The molecule has 1 amide bonds. The summed E-state index contributed by atoms with van der Waals surface area (Å²) in [6, 6.07) is 23.1. The van der Waals surface area contributed by atoms with Crippen LogP contribution in [0.5, 0.6) is 0 Å². The van der Waals surface area contributed by atoms with Crippen molar-refractivity contribution in [2.24, 2.45) is 5.92 Å². The molecule has 5 nitrogen and oxygen atoms in total. The zero-order valence-electron chi connectivity index (χ0n) is 19.4. The Morgan fingerprint density at radius 1 is 1.00 bits per heavy atom. The van der Waals surface area contributed by atoms with Gasteiger partial charge in [0.1, 0.15) is 0 Å². The Hall–Kier alpha value is -3.51. The Kier molecular flexibility index (Phi) is 6.91. The zero-order chi connectivity index (χ0) is 24.2. The Bertz CT molecular complexity index is 1330. The first-order valence-corrected chi connectivity index (χ1v) is 13.0. The maximum absolute atomic E-state index is 13.4. The van der Waals surface area contributed by atoms with Crippen molar-refractivity contribution in [3.8, 4) is 11.1 Å². The number of anilines is 1. The summed E-state index contributed by atoms with van der Waals surface area (Å²) in [5.41, 5.74) is 3.77. The van der Waals surface area contributed by atoms with E-state index in [2.05, 4.69) is 77.0 Å². The lowest BCUT2D eigenvalue weighted by atomic mass is 9.86. The van der Waals surface area contributed by atoms with Crippen LogP contribution in [-0.4, -0.2) is 22.0 Å². The minimum atomic E-state index is -0.932. The molecule has 0 radical (unpaired) electrons.